The van der Waals surface area contributed by atoms with E-state index in [0.717, 1.165) is 16.8 Å². The highest BCUT2D eigenvalue weighted by Gasteiger charge is 2.37. The van der Waals surface area contributed by atoms with E-state index in [2.05, 4.69) is 10.3 Å². The molecule has 1 aliphatic rings. The molecule has 1 aromatic heterocycles. The molecular formula is C29H25ClFN5O2. The van der Waals surface area contributed by atoms with Crippen molar-refractivity contribution in [1.82, 2.24) is 19.8 Å². The van der Waals surface area contributed by atoms with Crippen LogP contribution in [0, 0.1) is 17.1 Å². The number of phenols is 1. The third-order valence-corrected chi connectivity index (χ3v) is 6.97. The summed E-state index contributed by atoms with van der Waals surface area (Å²) in [5, 5.41) is 23.0. The minimum absolute atomic E-state index is 0.00682. The van der Waals surface area contributed by atoms with Crippen molar-refractivity contribution < 1.29 is 14.3 Å². The van der Waals surface area contributed by atoms with Crippen molar-refractivity contribution >= 4 is 17.5 Å². The number of phenolic OH excluding ortho intramolecular Hbond substituents is 1. The number of benzene rings is 3. The summed E-state index contributed by atoms with van der Waals surface area (Å²) in [7, 11) is 0. The number of imidazole rings is 1. The van der Waals surface area contributed by atoms with Gasteiger partial charge < -0.3 is 19.9 Å². The first-order valence-electron chi connectivity index (χ1n) is 12.2. The van der Waals surface area contributed by atoms with Crippen molar-refractivity contribution in [2.24, 2.45) is 0 Å². The van der Waals surface area contributed by atoms with Gasteiger partial charge >= 0.3 is 0 Å². The zero-order valence-electron chi connectivity index (χ0n) is 20.4. The lowest BCUT2D eigenvalue weighted by Gasteiger charge is -2.29. The first-order valence-corrected chi connectivity index (χ1v) is 12.6. The van der Waals surface area contributed by atoms with Gasteiger partial charge in [-0.2, -0.15) is 5.26 Å². The molecule has 2 atom stereocenters. The Hall–Kier alpha value is -4.19. The molecule has 0 aliphatic carbocycles. The van der Waals surface area contributed by atoms with E-state index in [0.29, 0.717) is 36.6 Å². The topological polar surface area (TPSA) is 94.2 Å². The molecule has 0 saturated carbocycles. The Labute approximate surface area is 224 Å². The number of rotatable bonds is 8. The van der Waals surface area contributed by atoms with Crippen LogP contribution >= 0.6 is 11.6 Å². The number of nitriles is 1. The Morgan fingerprint density at radius 3 is 2.68 bits per heavy atom. The molecule has 192 valence electrons. The van der Waals surface area contributed by atoms with E-state index < -0.39 is 17.9 Å². The standard InChI is InChI=1S/C29H25ClFN5O2/c30-23-5-1-3-20(12-23)28(21-4-2-6-25(37)13-21)36-10-9-27(29(36)38)34-16-24-15-33-18-35(24)17-19-7-8-22(14-32)26(31)11-19/h1-8,11-13,15,18,27-28,34,37H,9-10,16-17H2/t27-,28-/m1/s1. The molecule has 0 unspecified atom stereocenters. The fourth-order valence-electron chi connectivity index (χ4n) is 4.88. The molecule has 7 nitrogen and oxygen atoms in total. The lowest BCUT2D eigenvalue weighted by atomic mass is 9.97. The van der Waals surface area contributed by atoms with E-state index in [4.69, 9.17) is 16.9 Å². The molecule has 9 heteroatoms. The van der Waals surface area contributed by atoms with Gasteiger partial charge in [0.15, 0.2) is 0 Å². The number of carbonyl (C=O) groups excluding carboxylic acids is 1. The molecular weight excluding hydrogens is 505 g/mol. The monoisotopic (exact) mass is 529 g/mol. The van der Waals surface area contributed by atoms with Crippen LogP contribution in [0.1, 0.15) is 40.4 Å². The summed E-state index contributed by atoms with van der Waals surface area (Å²) in [5.74, 6) is -0.466. The van der Waals surface area contributed by atoms with Gasteiger partial charge in [0.25, 0.3) is 0 Å². The van der Waals surface area contributed by atoms with Gasteiger partial charge in [-0.3, -0.25) is 4.79 Å². The highest BCUT2D eigenvalue weighted by molar-refractivity contribution is 6.30. The molecule has 38 heavy (non-hydrogen) atoms. The SMILES string of the molecule is N#Cc1ccc(Cn2cncc2CN[C@@H]2CCN([C@@H](c3cccc(O)c3)c3cccc(Cl)c3)C2=O)cc1F. The lowest BCUT2D eigenvalue weighted by Crippen LogP contribution is -2.40. The summed E-state index contributed by atoms with van der Waals surface area (Å²) in [6, 6.07) is 19.9. The van der Waals surface area contributed by atoms with Gasteiger partial charge in [0.1, 0.15) is 17.6 Å². The molecule has 0 radical (unpaired) electrons. The quantitative estimate of drug-likeness (QED) is 0.342. The van der Waals surface area contributed by atoms with Crippen molar-refractivity contribution in [3.8, 4) is 11.8 Å². The molecule has 3 aromatic carbocycles. The summed E-state index contributed by atoms with van der Waals surface area (Å²) in [5.41, 5.74) is 3.23. The molecule has 2 N–H and O–H groups in total. The number of likely N-dealkylation sites (tertiary alicyclic amines) is 1. The number of aromatic hydroxyl groups is 1. The Balaban J connectivity index is 1.31. The van der Waals surface area contributed by atoms with E-state index in [-0.39, 0.29) is 17.2 Å². The van der Waals surface area contributed by atoms with Gasteiger partial charge in [0.05, 0.1) is 29.7 Å². The predicted molar refractivity (Wildman–Crippen MR) is 141 cm³/mol. The van der Waals surface area contributed by atoms with Crippen LogP contribution in [-0.4, -0.2) is 38.1 Å². The maximum atomic E-state index is 14.0. The second-order valence-electron chi connectivity index (χ2n) is 9.25. The summed E-state index contributed by atoms with van der Waals surface area (Å²) >= 11 is 6.27. The molecule has 4 aromatic rings. The summed E-state index contributed by atoms with van der Waals surface area (Å²) in [4.78, 5) is 19.6. The third kappa shape index (κ3) is 5.40. The normalized spacial score (nSPS) is 16.0. The summed E-state index contributed by atoms with van der Waals surface area (Å²) < 4.78 is 15.9. The number of nitrogens with zero attached hydrogens (tertiary/aromatic N) is 4. The van der Waals surface area contributed by atoms with Crippen LogP contribution in [0.2, 0.25) is 5.02 Å². The van der Waals surface area contributed by atoms with Gasteiger partial charge in [0, 0.05) is 30.9 Å². The fourth-order valence-corrected chi connectivity index (χ4v) is 5.08. The van der Waals surface area contributed by atoms with Crippen LogP contribution in [0.5, 0.6) is 5.75 Å². The lowest BCUT2D eigenvalue weighted by molar-refractivity contribution is -0.130. The highest BCUT2D eigenvalue weighted by atomic mass is 35.5. The Morgan fingerprint density at radius 2 is 1.95 bits per heavy atom. The molecule has 1 amide bonds. The Kier molecular flexibility index (Phi) is 7.40. The van der Waals surface area contributed by atoms with Gasteiger partial charge in [-0.1, -0.05) is 41.9 Å². The molecule has 1 aliphatic heterocycles. The maximum Gasteiger partial charge on any atom is 0.240 e. The molecule has 0 bridgehead atoms. The Bertz CT molecular complexity index is 1470. The van der Waals surface area contributed by atoms with Gasteiger partial charge in [-0.25, -0.2) is 9.37 Å². The van der Waals surface area contributed by atoms with Crippen LogP contribution < -0.4 is 5.32 Å². The van der Waals surface area contributed by atoms with E-state index in [1.165, 1.54) is 12.1 Å². The summed E-state index contributed by atoms with van der Waals surface area (Å²) in [6.45, 7) is 1.32. The van der Waals surface area contributed by atoms with Crippen molar-refractivity contribution in [3.05, 3.63) is 118 Å². The number of halogens is 2. The maximum absolute atomic E-state index is 14.0. The van der Waals surface area contributed by atoms with E-state index in [1.807, 2.05) is 39.8 Å². The molecule has 2 heterocycles. The van der Waals surface area contributed by atoms with Crippen LogP contribution in [0.4, 0.5) is 4.39 Å². The number of carbonyl (C=O) groups is 1. The Morgan fingerprint density at radius 1 is 1.16 bits per heavy atom. The zero-order chi connectivity index (χ0) is 26.6. The minimum atomic E-state index is -0.553. The number of hydrogen-bond donors (Lipinski definition) is 2. The molecule has 5 rings (SSSR count). The third-order valence-electron chi connectivity index (χ3n) is 6.74. The summed E-state index contributed by atoms with van der Waals surface area (Å²) in [6.07, 6.45) is 3.99. The average Bonchev–Trinajstić information content (AvgIpc) is 3.49. The van der Waals surface area contributed by atoms with E-state index in [9.17, 15) is 14.3 Å². The van der Waals surface area contributed by atoms with Crippen molar-refractivity contribution in [2.45, 2.75) is 31.6 Å². The van der Waals surface area contributed by atoms with Crippen molar-refractivity contribution in [3.63, 3.8) is 0 Å². The first kappa shape index (κ1) is 25.5. The van der Waals surface area contributed by atoms with Crippen LogP contribution in [-0.2, 0) is 17.9 Å². The van der Waals surface area contributed by atoms with Crippen molar-refractivity contribution in [1.29, 1.82) is 5.26 Å². The van der Waals surface area contributed by atoms with Crippen LogP contribution in [0.3, 0.4) is 0 Å². The van der Waals surface area contributed by atoms with E-state index in [1.54, 1.807) is 42.9 Å². The van der Waals surface area contributed by atoms with E-state index >= 15 is 0 Å². The second-order valence-corrected chi connectivity index (χ2v) is 9.68. The van der Waals surface area contributed by atoms with Crippen molar-refractivity contribution in [2.75, 3.05) is 6.54 Å². The molecule has 0 spiro atoms. The molecule has 1 fully saturated rings. The number of nitrogens with one attached hydrogen (secondary N) is 1. The molecule has 1 saturated heterocycles. The number of aromatic nitrogens is 2. The van der Waals surface area contributed by atoms with Gasteiger partial charge in [0.2, 0.25) is 5.91 Å². The number of hydrogen-bond acceptors (Lipinski definition) is 5. The second kappa shape index (κ2) is 11.1. The largest absolute Gasteiger partial charge is 0.508 e. The van der Waals surface area contributed by atoms with Crippen LogP contribution in [0.15, 0.2) is 79.3 Å². The smallest absolute Gasteiger partial charge is 0.240 e. The van der Waals surface area contributed by atoms with Gasteiger partial charge in [-0.05, 0) is 59.5 Å². The minimum Gasteiger partial charge on any atom is -0.508 e. The predicted octanol–water partition coefficient (Wildman–Crippen LogP) is 4.78. The van der Waals surface area contributed by atoms with Crippen LogP contribution in [0.25, 0.3) is 0 Å². The fraction of sp³-hybridized carbons (Fsp3) is 0.207. The van der Waals surface area contributed by atoms with Gasteiger partial charge in [-0.15, -0.1) is 0 Å². The highest BCUT2D eigenvalue weighted by Crippen LogP contribution is 2.34. The zero-order valence-corrected chi connectivity index (χ0v) is 21.1. The number of amides is 1. The first-order chi connectivity index (χ1) is 18.4. The average molecular weight is 530 g/mol.